The zero-order valence-corrected chi connectivity index (χ0v) is 19.6. The summed E-state index contributed by atoms with van der Waals surface area (Å²) in [6, 6.07) is 6.69. The van der Waals surface area contributed by atoms with Crippen molar-refractivity contribution in [2.75, 3.05) is 18.1 Å². The van der Waals surface area contributed by atoms with Gasteiger partial charge in [-0.25, -0.2) is 14.5 Å². The van der Waals surface area contributed by atoms with Crippen molar-refractivity contribution in [1.82, 2.24) is 5.32 Å². The van der Waals surface area contributed by atoms with E-state index in [9.17, 15) is 29.3 Å². The van der Waals surface area contributed by atoms with E-state index in [0.717, 1.165) is 12.1 Å². The number of carbonyl (C=O) groups is 4. The van der Waals surface area contributed by atoms with Gasteiger partial charge in [-0.3, -0.25) is 25.0 Å². The van der Waals surface area contributed by atoms with Crippen LogP contribution in [0.1, 0.15) is 12.5 Å². The van der Waals surface area contributed by atoms with Crippen molar-refractivity contribution >= 4 is 63.9 Å². The van der Waals surface area contributed by atoms with E-state index in [1.165, 1.54) is 24.3 Å². The Kier molecular flexibility index (Phi) is 7.45. The molecular formula is C21H16IN3O9. The molecule has 0 atom stereocenters. The molecule has 2 N–H and O–H groups in total. The van der Waals surface area contributed by atoms with Gasteiger partial charge < -0.3 is 14.6 Å². The van der Waals surface area contributed by atoms with Crippen LogP contribution in [0.3, 0.4) is 0 Å². The number of imide groups is 2. The Balaban J connectivity index is 1.99. The van der Waals surface area contributed by atoms with Crippen LogP contribution in [0.25, 0.3) is 6.08 Å². The minimum absolute atomic E-state index is 0.0357. The number of amides is 4. The number of nitro groups is 1. The molecule has 0 bridgehead atoms. The molecule has 0 radical (unpaired) electrons. The van der Waals surface area contributed by atoms with E-state index in [-0.39, 0.29) is 35.1 Å². The number of aliphatic carboxylic acids is 1. The lowest BCUT2D eigenvalue weighted by Crippen LogP contribution is -2.54. The predicted octanol–water partition coefficient (Wildman–Crippen LogP) is 2.73. The molecule has 4 amide bonds. The Labute approximate surface area is 205 Å². The second-order valence-electron chi connectivity index (χ2n) is 6.68. The molecule has 0 aliphatic carbocycles. The van der Waals surface area contributed by atoms with Gasteiger partial charge in [0.1, 0.15) is 5.57 Å². The number of nitro benzene ring substituents is 1. The topological polar surface area (TPSA) is 165 Å². The molecule has 1 saturated heterocycles. The zero-order valence-electron chi connectivity index (χ0n) is 17.4. The number of nitrogens with one attached hydrogen (secondary N) is 1. The van der Waals surface area contributed by atoms with Gasteiger partial charge in [0.15, 0.2) is 18.1 Å². The average molecular weight is 581 g/mol. The van der Waals surface area contributed by atoms with Crippen LogP contribution in [0.5, 0.6) is 11.5 Å². The summed E-state index contributed by atoms with van der Waals surface area (Å²) in [5.41, 5.74) is -0.209. The molecule has 12 nitrogen and oxygen atoms in total. The molecule has 1 aliphatic rings. The third-order valence-corrected chi connectivity index (χ3v) is 5.20. The summed E-state index contributed by atoms with van der Waals surface area (Å²) in [6.45, 7) is 1.36. The van der Waals surface area contributed by atoms with Gasteiger partial charge in [-0.05, 0) is 65.4 Å². The first-order valence-electron chi connectivity index (χ1n) is 9.59. The highest BCUT2D eigenvalue weighted by Crippen LogP contribution is 2.35. The molecule has 0 spiro atoms. The minimum atomic E-state index is -1.18. The number of carbonyl (C=O) groups excluding carboxylic acids is 3. The summed E-state index contributed by atoms with van der Waals surface area (Å²) in [6.07, 6.45) is 1.24. The van der Waals surface area contributed by atoms with Crippen LogP contribution in [-0.2, 0) is 14.4 Å². The number of carboxylic acid groups (broad SMARTS) is 1. The normalized spacial score (nSPS) is 14.7. The molecule has 34 heavy (non-hydrogen) atoms. The van der Waals surface area contributed by atoms with E-state index in [2.05, 4.69) is 5.32 Å². The second kappa shape index (κ2) is 10.3. The maximum absolute atomic E-state index is 13.0. The van der Waals surface area contributed by atoms with Crippen LogP contribution in [-0.4, -0.2) is 47.1 Å². The highest BCUT2D eigenvalue weighted by molar-refractivity contribution is 14.1. The highest BCUT2D eigenvalue weighted by atomic mass is 127. The summed E-state index contributed by atoms with van der Waals surface area (Å²) in [5, 5.41) is 21.8. The molecule has 176 valence electrons. The quantitative estimate of drug-likeness (QED) is 0.157. The van der Waals surface area contributed by atoms with Gasteiger partial charge in [0.2, 0.25) is 0 Å². The molecule has 1 heterocycles. The highest BCUT2D eigenvalue weighted by Gasteiger charge is 2.37. The molecular weight excluding hydrogens is 565 g/mol. The van der Waals surface area contributed by atoms with Gasteiger partial charge in [0.05, 0.1) is 20.8 Å². The molecule has 0 saturated carbocycles. The minimum Gasteiger partial charge on any atom is -0.490 e. The van der Waals surface area contributed by atoms with E-state index in [0.29, 0.717) is 14.0 Å². The predicted molar refractivity (Wildman–Crippen MR) is 126 cm³/mol. The Morgan fingerprint density at radius 1 is 1.21 bits per heavy atom. The Hall–Kier alpha value is -4.01. The number of hydrogen-bond donors (Lipinski definition) is 2. The van der Waals surface area contributed by atoms with Crippen LogP contribution >= 0.6 is 22.6 Å². The lowest BCUT2D eigenvalue weighted by atomic mass is 10.1. The zero-order chi connectivity index (χ0) is 25.0. The first-order valence-corrected chi connectivity index (χ1v) is 10.7. The summed E-state index contributed by atoms with van der Waals surface area (Å²) in [7, 11) is 0. The number of nitrogens with zero attached hydrogens (tertiary/aromatic N) is 2. The van der Waals surface area contributed by atoms with Gasteiger partial charge in [0.25, 0.3) is 17.5 Å². The van der Waals surface area contributed by atoms with Crippen LogP contribution in [0.15, 0.2) is 42.0 Å². The molecule has 1 fully saturated rings. The molecule has 0 aromatic heterocycles. The fourth-order valence-electron chi connectivity index (χ4n) is 2.99. The molecule has 2 aromatic carbocycles. The van der Waals surface area contributed by atoms with Crippen molar-refractivity contribution in [1.29, 1.82) is 0 Å². The van der Waals surface area contributed by atoms with E-state index in [4.69, 9.17) is 14.6 Å². The number of anilines is 1. The molecule has 0 unspecified atom stereocenters. The van der Waals surface area contributed by atoms with Crippen LogP contribution in [0.2, 0.25) is 0 Å². The standard InChI is InChI=1S/C21H16IN3O9/c1-2-33-16-9-11(8-15(22)18(16)34-10-17(26)27)7-14-19(28)23-21(30)24(20(14)29)12-3-5-13(6-4-12)25(31)32/h3-9H,2,10H2,1H3,(H,26,27)(H,23,28,30)/b14-7+. The van der Waals surface area contributed by atoms with Crippen molar-refractivity contribution in [2.24, 2.45) is 0 Å². The Morgan fingerprint density at radius 2 is 1.88 bits per heavy atom. The molecule has 13 heteroatoms. The summed E-state index contributed by atoms with van der Waals surface area (Å²) in [4.78, 5) is 59.5. The van der Waals surface area contributed by atoms with Crippen molar-refractivity contribution in [3.8, 4) is 11.5 Å². The molecule has 2 aromatic rings. The maximum atomic E-state index is 13.0. The van der Waals surface area contributed by atoms with Crippen molar-refractivity contribution < 1.29 is 38.7 Å². The Bertz CT molecular complexity index is 1220. The smallest absolute Gasteiger partial charge is 0.341 e. The summed E-state index contributed by atoms with van der Waals surface area (Å²) < 4.78 is 11.3. The van der Waals surface area contributed by atoms with Crippen molar-refractivity contribution in [3.05, 3.63) is 61.2 Å². The first kappa shape index (κ1) is 24.6. The van der Waals surface area contributed by atoms with Gasteiger partial charge in [-0.15, -0.1) is 0 Å². The van der Waals surface area contributed by atoms with E-state index >= 15 is 0 Å². The van der Waals surface area contributed by atoms with E-state index in [1.807, 2.05) is 22.6 Å². The molecule has 3 rings (SSSR count). The van der Waals surface area contributed by atoms with Crippen LogP contribution < -0.4 is 19.7 Å². The Morgan fingerprint density at radius 3 is 2.47 bits per heavy atom. The van der Waals surface area contributed by atoms with Gasteiger partial charge in [-0.1, -0.05) is 0 Å². The van der Waals surface area contributed by atoms with E-state index in [1.54, 1.807) is 13.0 Å². The molecule has 1 aliphatic heterocycles. The summed E-state index contributed by atoms with van der Waals surface area (Å²) >= 11 is 1.90. The third-order valence-electron chi connectivity index (χ3n) is 4.40. The number of barbiturate groups is 1. The van der Waals surface area contributed by atoms with Gasteiger partial charge in [-0.2, -0.15) is 0 Å². The summed E-state index contributed by atoms with van der Waals surface area (Å²) in [5.74, 6) is -2.64. The third kappa shape index (κ3) is 5.31. The van der Waals surface area contributed by atoms with Gasteiger partial charge >= 0.3 is 12.0 Å². The number of carboxylic acids is 1. The number of benzene rings is 2. The number of halogens is 1. The fraction of sp³-hybridized carbons (Fsp3) is 0.143. The van der Waals surface area contributed by atoms with Crippen molar-refractivity contribution in [3.63, 3.8) is 0 Å². The van der Waals surface area contributed by atoms with Crippen LogP contribution in [0.4, 0.5) is 16.2 Å². The SMILES string of the molecule is CCOc1cc(/C=C2\C(=O)NC(=O)N(c3ccc([N+](=O)[O-])cc3)C2=O)cc(I)c1OCC(=O)O. The number of hydrogen-bond acceptors (Lipinski definition) is 8. The maximum Gasteiger partial charge on any atom is 0.341 e. The van der Waals surface area contributed by atoms with Crippen molar-refractivity contribution in [2.45, 2.75) is 6.92 Å². The number of ether oxygens (including phenoxy) is 2. The fourth-order valence-corrected chi connectivity index (χ4v) is 3.77. The second-order valence-corrected chi connectivity index (χ2v) is 7.84. The first-order chi connectivity index (χ1) is 16.1. The number of urea groups is 1. The van der Waals surface area contributed by atoms with Gasteiger partial charge in [0, 0.05) is 12.1 Å². The van der Waals surface area contributed by atoms with Crippen LogP contribution in [0, 0.1) is 13.7 Å². The monoisotopic (exact) mass is 581 g/mol. The lowest BCUT2D eigenvalue weighted by molar-refractivity contribution is -0.384. The number of rotatable bonds is 8. The number of non-ortho nitro benzene ring substituents is 1. The largest absolute Gasteiger partial charge is 0.490 e. The van der Waals surface area contributed by atoms with E-state index < -0.39 is 35.3 Å². The lowest BCUT2D eigenvalue weighted by Gasteiger charge is -2.26. The average Bonchev–Trinajstić information content (AvgIpc) is 2.76.